The standard InChI is InChI=1S/C15H20ClN3O/c1-2-15(20)19-5-3-10(4-6-19)12-7-11(16)8-14-13(12)9-17-18-14/h7-8,10,17-18H,2-6,9H2,1H3. The Balaban J connectivity index is 1.77. The lowest BCUT2D eigenvalue weighted by Crippen LogP contribution is -2.37. The Morgan fingerprint density at radius 1 is 1.40 bits per heavy atom. The van der Waals surface area contributed by atoms with Crippen molar-refractivity contribution in [3.05, 3.63) is 28.3 Å². The van der Waals surface area contributed by atoms with Gasteiger partial charge in [-0.25, -0.2) is 5.43 Å². The predicted octanol–water partition coefficient (Wildman–Crippen LogP) is 2.89. The Hall–Kier alpha value is -1.26. The van der Waals surface area contributed by atoms with Crippen LogP contribution in [0.5, 0.6) is 0 Å². The van der Waals surface area contributed by atoms with E-state index in [0.717, 1.165) is 43.2 Å². The SMILES string of the molecule is CCC(=O)N1CCC(c2cc(Cl)cc3c2CNN3)CC1. The van der Waals surface area contributed by atoms with Crippen molar-refractivity contribution in [1.82, 2.24) is 10.3 Å². The van der Waals surface area contributed by atoms with E-state index >= 15 is 0 Å². The van der Waals surface area contributed by atoms with Crippen LogP contribution >= 0.6 is 11.6 Å². The zero-order valence-electron chi connectivity index (χ0n) is 11.7. The third-order valence-corrected chi connectivity index (χ3v) is 4.55. The van der Waals surface area contributed by atoms with E-state index in [0.29, 0.717) is 12.3 Å². The van der Waals surface area contributed by atoms with Crippen molar-refractivity contribution in [2.24, 2.45) is 0 Å². The molecule has 20 heavy (non-hydrogen) atoms. The zero-order chi connectivity index (χ0) is 14.1. The molecule has 0 aliphatic carbocycles. The first-order valence-electron chi connectivity index (χ1n) is 7.28. The normalized spacial score (nSPS) is 18.8. The topological polar surface area (TPSA) is 44.4 Å². The predicted molar refractivity (Wildman–Crippen MR) is 80.8 cm³/mol. The lowest BCUT2D eigenvalue weighted by Gasteiger charge is -2.33. The van der Waals surface area contributed by atoms with Gasteiger partial charge in [-0.2, -0.15) is 0 Å². The summed E-state index contributed by atoms with van der Waals surface area (Å²) < 4.78 is 0. The largest absolute Gasteiger partial charge is 0.343 e. The average Bonchev–Trinajstić information content (AvgIpc) is 2.94. The highest BCUT2D eigenvalue weighted by Gasteiger charge is 2.26. The van der Waals surface area contributed by atoms with Crippen LogP contribution in [0.15, 0.2) is 12.1 Å². The first-order chi connectivity index (χ1) is 9.69. The van der Waals surface area contributed by atoms with Crippen LogP contribution in [0.1, 0.15) is 43.2 Å². The minimum absolute atomic E-state index is 0.267. The van der Waals surface area contributed by atoms with Crippen molar-refractivity contribution in [3.63, 3.8) is 0 Å². The first-order valence-corrected chi connectivity index (χ1v) is 7.65. The number of nitrogens with one attached hydrogen (secondary N) is 2. The smallest absolute Gasteiger partial charge is 0.222 e. The van der Waals surface area contributed by atoms with E-state index in [4.69, 9.17) is 11.6 Å². The molecule has 0 spiro atoms. The fourth-order valence-corrected chi connectivity index (χ4v) is 3.45. The lowest BCUT2D eigenvalue weighted by molar-refractivity contribution is -0.131. The number of amides is 1. The van der Waals surface area contributed by atoms with Gasteiger partial charge in [-0.15, -0.1) is 0 Å². The maximum absolute atomic E-state index is 11.7. The van der Waals surface area contributed by atoms with Crippen LogP contribution in [-0.2, 0) is 11.3 Å². The van der Waals surface area contributed by atoms with Gasteiger partial charge in [0.05, 0.1) is 5.69 Å². The molecule has 1 fully saturated rings. The molecule has 0 unspecified atom stereocenters. The van der Waals surface area contributed by atoms with Gasteiger partial charge in [-0.05, 0) is 42.0 Å². The number of halogens is 1. The molecule has 108 valence electrons. The molecule has 0 aromatic heterocycles. The Morgan fingerprint density at radius 3 is 2.85 bits per heavy atom. The number of likely N-dealkylation sites (tertiary alicyclic amines) is 1. The first kappa shape index (κ1) is 13.7. The van der Waals surface area contributed by atoms with Crippen molar-refractivity contribution in [2.45, 2.75) is 38.6 Å². The summed E-state index contributed by atoms with van der Waals surface area (Å²) in [6.07, 6.45) is 2.65. The number of piperidine rings is 1. The van der Waals surface area contributed by atoms with E-state index < -0.39 is 0 Å². The molecule has 3 rings (SSSR count). The third-order valence-electron chi connectivity index (χ3n) is 4.33. The number of anilines is 1. The van der Waals surface area contributed by atoms with Crippen LogP contribution in [0.4, 0.5) is 5.69 Å². The number of benzene rings is 1. The van der Waals surface area contributed by atoms with Gasteiger partial charge < -0.3 is 10.3 Å². The summed E-state index contributed by atoms with van der Waals surface area (Å²) in [5.41, 5.74) is 10.1. The van der Waals surface area contributed by atoms with Gasteiger partial charge in [0.1, 0.15) is 0 Å². The second-order valence-electron chi connectivity index (χ2n) is 5.51. The van der Waals surface area contributed by atoms with Crippen LogP contribution in [0.2, 0.25) is 5.02 Å². The van der Waals surface area contributed by atoms with Gasteiger partial charge in [-0.1, -0.05) is 18.5 Å². The summed E-state index contributed by atoms with van der Waals surface area (Å²) in [7, 11) is 0. The summed E-state index contributed by atoms with van der Waals surface area (Å²) in [6.45, 7) is 4.49. The van der Waals surface area contributed by atoms with Gasteiger partial charge in [0.25, 0.3) is 0 Å². The van der Waals surface area contributed by atoms with E-state index in [1.54, 1.807) is 0 Å². The van der Waals surface area contributed by atoms with Gasteiger partial charge >= 0.3 is 0 Å². The Bertz CT molecular complexity index is 524. The zero-order valence-corrected chi connectivity index (χ0v) is 12.5. The van der Waals surface area contributed by atoms with Crippen molar-refractivity contribution in [2.75, 3.05) is 18.5 Å². The molecule has 0 atom stereocenters. The molecule has 2 N–H and O–H groups in total. The summed E-state index contributed by atoms with van der Waals surface area (Å²) in [4.78, 5) is 13.7. The molecule has 1 saturated heterocycles. The second kappa shape index (κ2) is 5.62. The molecule has 1 aromatic carbocycles. The molecule has 5 heteroatoms. The van der Waals surface area contributed by atoms with E-state index in [1.807, 2.05) is 17.9 Å². The van der Waals surface area contributed by atoms with Crippen molar-refractivity contribution in [3.8, 4) is 0 Å². The highest BCUT2D eigenvalue weighted by molar-refractivity contribution is 6.31. The Labute approximate surface area is 124 Å². The van der Waals surface area contributed by atoms with E-state index in [9.17, 15) is 4.79 Å². The van der Waals surface area contributed by atoms with E-state index in [-0.39, 0.29) is 5.91 Å². The Morgan fingerprint density at radius 2 is 2.15 bits per heavy atom. The number of rotatable bonds is 2. The fourth-order valence-electron chi connectivity index (χ4n) is 3.22. The molecule has 1 aromatic rings. The van der Waals surface area contributed by atoms with Crippen molar-refractivity contribution >= 4 is 23.2 Å². The third kappa shape index (κ3) is 2.50. The molecule has 2 aliphatic heterocycles. The monoisotopic (exact) mass is 293 g/mol. The average molecular weight is 294 g/mol. The minimum atomic E-state index is 0.267. The number of hydrogen-bond acceptors (Lipinski definition) is 3. The molecule has 0 saturated carbocycles. The van der Waals surface area contributed by atoms with Gasteiger partial charge in [-0.3, -0.25) is 4.79 Å². The number of carbonyl (C=O) groups is 1. The molecule has 2 aliphatic rings. The van der Waals surface area contributed by atoms with Crippen LogP contribution in [0, 0.1) is 0 Å². The number of fused-ring (bicyclic) bond motifs is 1. The summed E-state index contributed by atoms with van der Waals surface area (Å²) >= 11 is 6.22. The van der Waals surface area contributed by atoms with Crippen LogP contribution in [0.3, 0.4) is 0 Å². The molecule has 4 nitrogen and oxygen atoms in total. The minimum Gasteiger partial charge on any atom is -0.343 e. The van der Waals surface area contributed by atoms with Gasteiger partial charge in [0.2, 0.25) is 5.91 Å². The molecule has 0 bridgehead atoms. The maximum atomic E-state index is 11.7. The second-order valence-corrected chi connectivity index (χ2v) is 5.94. The molecule has 1 amide bonds. The van der Waals surface area contributed by atoms with Crippen molar-refractivity contribution in [1.29, 1.82) is 0 Å². The maximum Gasteiger partial charge on any atom is 0.222 e. The van der Waals surface area contributed by atoms with Gasteiger partial charge in [0.15, 0.2) is 0 Å². The fraction of sp³-hybridized carbons (Fsp3) is 0.533. The number of carbonyl (C=O) groups excluding carboxylic acids is 1. The summed E-state index contributed by atoms with van der Waals surface area (Å²) in [5.74, 6) is 0.771. The highest BCUT2D eigenvalue weighted by atomic mass is 35.5. The number of hydrogen-bond donors (Lipinski definition) is 2. The lowest BCUT2D eigenvalue weighted by atomic mass is 9.86. The number of hydrazine groups is 1. The Kier molecular flexibility index (Phi) is 3.85. The van der Waals surface area contributed by atoms with E-state index in [2.05, 4.69) is 16.9 Å². The molecular formula is C15H20ClN3O. The van der Waals surface area contributed by atoms with Gasteiger partial charge in [0, 0.05) is 31.1 Å². The summed E-state index contributed by atoms with van der Waals surface area (Å²) in [6, 6.07) is 4.06. The van der Waals surface area contributed by atoms with Crippen LogP contribution in [-0.4, -0.2) is 23.9 Å². The summed E-state index contributed by atoms with van der Waals surface area (Å²) in [5, 5.41) is 0.780. The van der Waals surface area contributed by atoms with E-state index in [1.165, 1.54) is 11.1 Å². The molecule has 0 radical (unpaired) electrons. The quantitative estimate of drug-likeness (QED) is 0.881. The number of nitrogens with zero attached hydrogens (tertiary/aromatic N) is 1. The van der Waals surface area contributed by atoms with Crippen LogP contribution < -0.4 is 10.9 Å². The molecular weight excluding hydrogens is 274 g/mol. The van der Waals surface area contributed by atoms with Crippen LogP contribution in [0.25, 0.3) is 0 Å². The highest BCUT2D eigenvalue weighted by Crippen LogP contribution is 2.37. The van der Waals surface area contributed by atoms with Crippen molar-refractivity contribution < 1.29 is 4.79 Å². The molecule has 2 heterocycles.